The molecule has 0 aliphatic rings. The van der Waals surface area contributed by atoms with Gasteiger partial charge in [0.25, 0.3) is 11.8 Å². The second-order valence-corrected chi connectivity index (χ2v) is 6.41. The van der Waals surface area contributed by atoms with Gasteiger partial charge in [-0.05, 0) is 25.3 Å². The molecule has 11 heteroatoms. The summed E-state index contributed by atoms with van der Waals surface area (Å²) in [6.07, 6.45) is -0.179. The lowest BCUT2D eigenvalue weighted by Gasteiger charge is -2.09. The number of urea groups is 1. The van der Waals surface area contributed by atoms with Gasteiger partial charge < -0.3 is 14.5 Å². The predicted octanol–water partition coefficient (Wildman–Crippen LogP) is 0.732. The molecule has 0 fully saturated rings. The largest absolute Gasteiger partial charge is 0.456 e. The van der Waals surface area contributed by atoms with Crippen molar-refractivity contribution < 1.29 is 23.5 Å². The van der Waals surface area contributed by atoms with Gasteiger partial charge in [-0.1, -0.05) is 6.07 Å². The highest BCUT2D eigenvalue weighted by molar-refractivity contribution is 7.13. The number of nitrogens with one attached hydrogen (secondary N) is 2. The van der Waals surface area contributed by atoms with Crippen LogP contribution in [0.1, 0.15) is 20.3 Å². The average Bonchev–Trinajstić information content (AvgIpc) is 3.19. The summed E-state index contributed by atoms with van der Waals surface area (Å²) in [5, 5.41) is 10.3. The third-order valence-electron chi connectivity index (χ3n) is 2.90. The molecule has 3 amide bonds. The Labute approximate surface area is 152 Å². The van der Waals surface area contributed by atoms with Crippen molar-refractivity contribution in [2.45, 2.75) is 32.9 Å². The van der Waals surface area contributed by atoms with E-state index < -0.39 is 30.3 Å². The quantitative estimate of drug-likeness (QED) is 0.675. The lowest BCUT2D eigenvalue weighted by Crippen LogP contribution is -2.44. The molecular weight excluding hydrogens is 364 g/mol. The van der Waals surface area contributed by atoms with E-state index in [2.05, 4.69) is 10.4 Å². The molecule has 0 aliphatic heterocycles. The van der Waals surface area contributed by atoms with Crippen molar-refractivity contribution in [3.63, 3.8) is 0 Å². The second kappa shape index (κ2) is 8.94. The van der Waals surface area contributed by atoms with Crippen LogP contribution in [0.3, 0.4) is 0 Å². The van der Waals surface area contributed by atoms with E-state index in [4.69, 9.17) is 9.15 Å². The summed E-state index contributed by atoms with van der Waals surface area (Å²) in [4.78, 5) is 46.8. The summed E-state index contributed by atoms with van der Waals surface area (Å²) in [6, 6.07) is 2.74. The van der Waals surface area contributed by atoms with Crippen LogP contribution in [0.5, 0.6) is 0 Å². The second-order valence-electron chi connectivity index (χ2n) is 5.46. The van der Waals surface area contributed by atoms with Gasteiger partial charge in [-0.3, -0.25) is 14.9 Å². The lowest BCUT2D eigenvalue weighted by atomic mass is 10.4. The zero-order valence-corrected chi connectivity index (χ0v) is 15.0. The van der Waals surface area contributed by atoms with E-state index in [0.29, 0.717) is 4.88 Å². The molecule has 2 aromatic heterocycles. The first-order valence-electron chi connectivity index (χ1n) is 7.73. The van der Waals surface area contributed by atoms with E-state index >= 15 is 0 Å². The molecule has 140 valence electrons. The Bertz CT molecular complexity index is 824. The minimum absolute atomic E-state index is 0.0536. The summed E-state index contributed by atoms with van der Waals surface area (Å²) in [5.74, 6) is -1.98. The SMILES string of the molecule is CC(C)NC(=O)NC(=O)COC(=O)CCn1nc(-c2cccs2)oc1=O. The number of imide groups is 1. The number of esters is 1. The molecule has 0 aromatic carbocycles. The number of hydrogen-bond donors (Lipinski definition) is 2. The summed E-state index contributed by atoms with van der Waals surface area (Å²) >= 11 is 1.36. The Balaban J connectivity index is 1.76. The van der Waals surface area contributed by atoms with Crippen LogP contribution < -0.4 is 16.4 Å². The summed E-state index contributed by atoms with van der Waals surface area (Å²) in [7, 11) is 0. The van der Waals surface area contributed by atoms with Gasteiger partial charge in [0.05, 0.1) is 17.8 Å². The van der Waals surface area contributed by atoms with Gasteiger partial charge in [-0.15, -0.1) is 16.4 Å². The molecule has 0 aliphatic carbocycles. The van der Waals surface area contributed by atoms with Gasteiger partial charge in [0.2, 0.25) is 0 Å². The van der Waals surface area contributed by atoms with Crippen molar-refractivity contribution in [2.75, 3.05) is 6.61 Å². The molecule has 0 unspecified atom stereocenters. The minimum atomic E-state index is -0.755. The van der Waals surface area contributed by atoms with Gasteiger partial charge in [0.15, 0.2) is 6.61 Å². The van der Waals surface area contributed by atoms with Gasteiger partial charge >= 0.3 is 17.8 Å². The molecule has 0 atom stereocenters. The van der Waals surface area contributed by atoms with Crippen molar-refractivity contribution in [1.29, 1.82) is 0 Å². The van der Waals surface area contributed by atoms with Crippen LogP contribution in [0.2, 0.25) is 0 Å². The number of nitrogens with zero attached hydrogens (tertiary/aromatic N) is 2. The van der Waals surface area contributed by atoms with Crippen LogP contribution in [0.15, 0.2) is 26.7 Å². The average molecular weight is 382 g/mol. The standard InChI is InChI=1S/C15H18N4O6S/c1-9(2)16-14(22)17-11(20)8-24-12(21)5-6-19-15(23)25-13(18-19)10-4-3-7-26-10/h3-4,7,9H,5-6,8H2,1-2H3,(H2,16,17,20,22). The van der Waals surface area contributed by atoms with Crippen molar-refractivity contribution in [1.82, 2.24) is 20.4 Å². The Morgan fingerprint density at radius 1 is 1.38 bits per heavy atom. The molecule has 10 nitrogen and oxygen atoms in total. The lowest BCUT2D eigenvalue weighted by molar-refractivity contribution is -0.148. The van der Waals surface area contributed by atoms with E-state index in [1.165, 1.54) is 11.3 Å². The highest BCUT2D eigenvalue weighted by Crippen LogP contribution is 2.20. The van der Waals surface area contributed by atoms with Crippen LogP contribution in [-0.4, -0.2) is 40.3 Å². The van der Waals surface area contributed by atoms with E-state index in [0.717, 1.165) is 4.68 Å². The molecule has 2 rings (SSSR count). The molecule has 0 radical (unpaired) electrons. The number of aromatic nitrogens is 2. The van der Waals surface area contributed by atoms with Crippen LogP contribution >= 0.6 is 11.3 Å². The highest BCUT2D eigenvalue weighted by atomic mass is 32.1. The fourth-order valence-electron chi connectivity index (χ4n) is 1.82. The molecule has 0 bridgehead atoms. The Kier molecular flexibility index (Phi) is 6.67. The van der Waals surface area contributed by atoms with E-state index in [-0.39, 0.29) is 24.9 Å². The Morgan fingerprint density at radius 3 is 2.81 bits per heavy atom. The fraction of sp³-hybridized carbons (Fsp3) is 0.400. The molecule has 0 saturated heterocycles. The normalized spacial score (nSPS) is 10.6. The Morgan fingerprint density at radius 2 is 2.15 bits per heavy atom. The van der Waals surface area contributed by atoms with Gasteiger partial charge in [-0.2, -0.15) is 4.68 Å². The first-order valence-corrected chi connectivity index (χ1v) is 8.61. The maximum Gasteiger partial charge on any atom is 0.437 e. The minimum Gasteiger partial charge on any atom is -0.456 e. The van der Waals surface area contributed by atoms with Crippen LogP contribution in [0, 0.1) is 0 Å². The molecule has 0 saturated carbocycles. The summed E-state index contributed by atoms with van der Waals surface area (Å²) in [5.41, 5.74) is 0. The predicted molar refractivity (Wildman–Crippen MR) is 91.5 cm³/mol. The van der Waals surface area contributed by atoms with Gasteiger partial charge in [0, 0.05) is 6.04 Å². The number of carbonyl (C=O) groups excluding carboxylic acids is 3. The van der Waals surface area contributed by atoms with Crippen LogP contribution in [0.4, 0.5) is 4.79 Å². The fourth-order valence-corrected chi connectivity index (χ4v) is 2.47. The summed E-state index contributed by atoms with van der Waals surface area (Å²) < 4.78 is 10.8. The zero-order chi connectivity index (χ0) is 19.1. The third-order valence-corrected chi connectivity index (χ3v) is 3.76. The molecule has 2 aromatic rings. The smallest absolute Gasteiger partial charge is 0.437 e. The van der Waals surface area contributed by atoms with Crippen LogP contribution in [-0.2, 0) is 20.9 Å². The third kappa shape index (κ3) is 5.84. The number of carbonyl (C=O) groups is 3. The van der Waals surface area contributed by atoms with E-state index in [1.807, 2.05) is 10.7 Å². The number of hydrogen-bond acceptors (Lipinski definition) is 8. The summed E-state index contributed by atoms with van der Waals surface area (Å²) in [6.45, 7) is 2.82. The topological polar surface area (TPSA) is 133 Å². The first kappa shape index (κ1) is 19.4. The molecule has 26 heavy (non-hydrogen) atoms. The molecule has 2 heterocycles. The Hall–Kier alpha value is -2.95. The zero-order valence-electron chi connectivity index (χ0n) is 14.2. The number of amides is 3. The van der Waals surface area contributed by atoms with Crippen molar-refractivity contribution >= 4 is 29.2 Å². The monoisotopic (exact) mass is 382 g/mol. The maximum absolute atomic E-state index is 11.7. The van der Waals surface area contributed by atoms with Crippen molar-refractivity contribution in [3.8, 4) is 10.8 Å². The number of aryl methyl sites for hydroxylation is 1. The molecule has 2 N–H and O–H groups in total. The van der Waals surface area contributed by atoms with Crippen molar-refractivity contribution in [2.24, 2.45) is 0 Å². The maximum atomic E-state index is 11.7. The first-order chi connectivity index (χ1) is 12.3. The van der Waals surface area contributed by atoms with E-state index in [9.17, 15) is 19.2 Å². The van der Waals surface area contributed by atoms with Crippen LogP contribution in [0.25, 0.3) is 10.8 Å². The van der Waals surface area contributed by atoms with E-state index in [1.54, 1.807) is 26.0 Å². The van der Waals surface area contributed by atoms with Crippen molar-refractivity contribution in [3.05, 3.63) is 28.1 Å². The van der Waals surface area contributed by atoms with Gasteiger partial charge in [-0.25, -0.2) is 9.59 Å². The number of rotatable bonds is 7. The van der Waals surface area contributed by atoms with Gasteiger partial charge in [0.1, 0.15) is 0 Å². The molecule has 0 spiro atoms. The number of ether oxygens (including phenoxy) is 1. The highest BCUT2D eigenvalue weighted by Gasteiger charge is 2.14. The number of thiophene rings is 1. The molecular formula is C15H18N4O6S.